The number of ether oxygens (including phenoxy) is 1. The number of fused-ring (bicyclic) bond motifs is 3. The third-order valence-corrected chi connectivity index (χ3v) is 5.40. The number of aliphatic hydroxyl groups excluding tert-OH is 1. The molecule has 140 valence electrons. The van der Waals surface area contributed by atoms with Crippen LogP contribution >= 0.6 is 11.6 Å². The first-order chi connectivity index (χ1) is 12.4. The summed E-state index contributed by atoms with van der Waals surface area (Å²) in [4.78, 5) is 8.70. The summed E-state index contributed by atoms with van der Waals surface area (Å²) in [7, 11) is 1.65. The van der Waals surface area contributed by atoms with Crippen molar-refractivity contribution in [3.63, 3.8) is 0 Å². The molecule has 26 heavy (non-hydrogen) atoms. The molecule has 0 radical (unpaired) electrons. The Labute approximate surface area is 158 Å². The molecule has 1 atom stereocenters. The molecule has 1 aromatic carbocycles. The quantitative estimate of drug-likeness (QED) is 0.671. The van der Waals surface area contributed by atoms with Gasteiger partial charge in [-0.05, 0) is 29.5 Å². The van der Waals surface area contributed by atoms with Gasteiger partial charge in [0.25, 0.3) is 0 Å². The maximum atomic E-state index is 9.43. The first kappa shape index (κ1) is 18.7. The van der Waals surface area contributed by atoms with E-state index in [-0.39, 0.29) is 17.9 Å². The molecule has 1 heterocycles. The van der Waals surface area contributed by atoms with Crippen molar-refractivity contribution in [2.45, 2.75) is 25.7 Å². The second-order valence-corrected chi connectivity index (χ2v) is 7.60. The summed E-state index contributed by atoms with van der Waals surface area (Å²) >= 11 is 5.92. The second-order valence-electron chi connectivity index (χ2n) is 7.30. The molecule has 0 spiro atoms. The van der Waals surface area contributed by atoms with Crippen molar-refractivity contribution < 1.29 is 9.84 Å². The molecule has 1 aliphatic rings. The van der Waals surface area contributed by atoms with Gasteiger partial charge in [-0.15, -0.1) is 11.6 Å². The normalized spacial score (nSPS) is 15.7. The molecule has 7 heteroatoms. The van der Waals surface area contributed by atoms with Crippen LogP contribution in [0.25, 0.3) is 11.3 Å². The van der Waals surface area contributed by atoms with Crippen molar-refractivity contribution in [2.75, 3.05) is 37.2 Å². The molecule has 0 saturated carbocycles. The number of nitrogens with one attached hydrogen (secondary N) is 1. The molecule has 1 aromatic heterocycles. The van der Waals surface area contributed by atoms with Gasteiger partial charge in [0.15, 0.2) is 0 Å². The highest BCUT2D eigenvalue weighted by molar-refractivity contribution is 6.18. The lowest BCUT2D eigenvalue weighted by Crippen LogP contribution is -2.29. The van der Waals surface area contributed by atoms with Crippen LogP contribution in [0.1, 0.15) is 25.0 Å². The summed E-state index contributed by atoms with van der Waals surface area (Å²) < 4.78 is 5.58. The Morgan fingerprint density at radius 1 is 1.38 bits per heavy atom. The van der Waals surface area contributed by atoms with E-state index in [1.54, 1.807) is 7.11 Å². The summed E-state index contributed by atoms with van der Waals surface area (Å²) in [5.41, 5.74) is 10.9. The Bertz CT molecular complexity index is 806. The summed E-state index contributed by atoms with van der Waals surface area (Å²) in [6.45, 7) is 4.89. The molecule has 0 aliphatic heterocycles. The number of anilines is 2. The number of alkyl halides is 1. The number of halogens is 1. The highest BCUT2D eigenvalue weighted by Crippen LogP contribution is 2.48. The third-order valence-electron chi connectivity index (χ3n) is 4.97. The lowest BCUT2D eigenvalue weighted by Gasteiger charge is -2.35. The topological polar surface area (TPSA) is 93.3 Å². The van der Waals surface area contributed by atoms with Crippen LogP contribution in [0.2, 0.25) is 0 Å². The number of aliphatic hydroxyl groups is 1. The number of nitrogen functional groups attached to an aromatic ring is 1. The van der Waals surface area contributed by atoms with Crippen LogP contribution in [0.4, 0.5) is 11.5 Å². The summed E-state index contributed by atoms with van der Waals surface area (Å²) in [6.07, 6.45) is 2.28. The number of aromatic nitrogens is 2. The number of hydrogen-bond acceptors (Lipinski definition) is 6. The van der Waals surface area contributed by atoms with Gasteiger partial charge in [-0.1, -0.05) is 13.8 Å². The van der Waals surface area contributed by atoms with E-state index in [0.29, 0.717) is 18.2 Å². The lowest BCUT2D eigenvalue weighted by molar-refractivity contribution is 0.246. The van der Waals surface area contributed by atoms with Gasteiger partial charge in [0.2, 0.25) is 0 Å². The minimum absolute atomic E-state index is 0.0286. The molecule has 2 aromatic rings. The Morgan fingerprint density at radius 2 is 2.15 bits per heavy atom. The van der Waals surface area contributed by atoms with Gasteiger partial charge in [0, 0.05) is 36.1 Å². The molecular formula is C19H25ClN4O2. The molecule has 1 unspecified atom stereocenters. The number of nitrogens with zero attached hydrogens (tertiary/aromatic N) is 2. The largest absolute Gasteiger partial charge is 0.495 e. The summed E-state index contributed by atoms with van der Waals surface area (Å²) in [6, 6.07) is 3.95. The molecule has 0 amide bonds. The maximum Gasteiger partial charge on any atom is 0.142 e. The fourth-order valence-electron chi connectivity index (χ4n) is 3.61. The maximum absolute atomic E-state index is 9.43. The van der Waals surface area contributed by atoms with Gasteiger partial charge in [-0.2, -0.15) is 0 Å². The first-order valence-electron chi connectivity index (χ1n) is 8.64. The van der Waals surface area contributed by atoms with E-state index < -0.39 is 0 Å². The highest BCUT2D eigenvalue weighted by atomic mass is 35.5. The Balaban J connectivity index is 2.13. The highest BCUT2D eigenvalue weighted by Gasteiger charge is 2.36. The molecule has 4 N–H and O–H groups in total. The van der Waals surface area contributed by atoms with Crippen molar-refractivity contribution in [1.29, 1.82) is 0 Å². The van der Waals surface area contributed by atoms with Gasteiger partial charge in [0.05, 0.1) is 18.5 Å². The van der Waals surface area contributed by atoms with Crippen LogP contribution in [-0.4, -0.2) is 41.2 Å². The van der Waals surface area contributed by atoms with Gasteiger partial charge in [0.1, 0.15) is 17.9 Å². The monoisotopic (exact) mass is 376 g/mol. The molecule has 0 saturated heterocycles. The average Bonchev–Trinajstić information content (AvgIpc) is 2.62. The van der Waals surface area contributed by atoms with Crippen molar-refractivity contribution in [2.24, 2.45) is 5.92 Å². The van der Waals surface area contributed by atoms with E-state index in [0.717, 1.165) is 40.2 Å². The Kier molecular flexibility index (Phi) is 5.25. The smallest absolute Gasteiger partial charge is 0.142 e. The first-order valence-corrected chi connectivity index (χ1v) is 9.18. The minimum Gasteiger partial charge on any atom is -0.495 e. The molecule has 1 aliphatic carbocycles. The average molecular weight is 377 g/mol. The predicted octanol–water partition coefficient (Wildman–Crippen LogP) is 2.83. The molecule has 0 bridgehead atoms. The van der Waals surface area contributed by atoms with Gasteiger partial charge < -0.3 is 20.9 Å². The van der Waals surface area contributed by atoms with Gasteiger partial charge >= 0.3 is 0 Å². The molecular weight excluding hydrogens is 352 g/mol. The van der Waals surface area contributed by atoms with E-state index in [4.69, 9.17) is 22.1 Å². The van der Waals surface area contributed by atoms with E-state index in [1.165, 1.54) is 6.33 Å². The number of methoxy groups -OCH3 is 1. The van der Waals surface area contributed by atoms with E-state index >= 15 is 0 Å². The van der Waals surface area contributed by atoms with Crippen LogP contribution in [0, 0.1) is 5.92 Å². The molecule has 3 rings (SSSR count). The van der Waals surface area contributed by atoms with Crippen LogP contribution < -0.4 is 15.8 Å². The SMILES string of the molecule is COc1ccc2c(c1NCC(CO)CCl)CC(C)(C)c1c(N)ncnc1-2. The number of nitrogens with two attached hydrogens (primary N) is 1. The fraction of sp³-hybridized carbons (Fsp3) is 0.474. The van der Waals surface area contributed by atoms with E-state index in [2.05, 4.69) is 29.1 Å². The third kappa shape index (κ3) is 3.19. The van der Waals surface area contributed by atoms with Crippen LogP contribution in [-0.2, 0) is 11.8 Å². The van der Waals surface area contributed by atoms with Crippen molar-refractivity contribution in [3.05, 3.63) is 29.6 Å². The van der Waals surface area contributed by atoms with Crippen molar-refractivity contribution >= 4 is 23.1 Å². The van der Waals surface area contributed by atoms with E-state index in [9.17, 15) is 5.11 Å². The zero-order valence-electron chi connectivity index (χ0n) is 15.3. The second kappa shape index (κ2) is 7.29. The zero-order chi connectivity index (χ0) is 18.9. The summed E-state index contributed by atoms with van der Waals surface area (Å²) in [5.74, 6) is 1.65. The number of hydrogen-bond donors (Lipinski definition) is 3. The standard InChI is InChI=1S/C19H25ClN4O2/c1-19(2)6-13-12(17-15(19)18(21)24-10-23-17)4-5-14(26-3)16(13)22-8-11(7-20)9-25/h4-5,10-11,22,25H,6-9H2,1-3H3,(H2,21,23,24). The molecule has 6 nitrogen and oxygen atoms in total. The number of rotatable bonds is 6. The lowest BCUT2D eigenvalue weighted by atomic mass is 9.71. The number of benzene rings is 1. The summed E-state index contributed by atoms with van der Waals surface area (Å²) in [5, 5.41) is 12.9. The van der Waals surface area contributed by atoms with Crippen LogP contribution in [0.5, 0.6) is 5.75 Å². The van der Waals surface area contributed by atoms with Gasteiger partial charge in [-0.3, -0.25) is 0 Å². The Morgan fingerprint density at radius 3 is 2.81 bits per heavy atom. The predicted molar refractivity (Wildman–Crippen MR) is 105 cm³/mol. The van der Waals surface area contributed by atoms with E-state index in [1.807, 2.05) is 12.1 Å². The van der Waals surface area contributed by atoms with Crippen LogP contribution in [0.15, 0.2) is 18.5 Å². The molecule has 0 fully saturated rings. The van der Waals surface area contributed by atoms with Crippen LogP contribution in [0.3, 0.4) is 0 Å². The van der Waals surface area contributed by atoms with Crippen molar-refractivity contribution in [1.82, 2.24) is 9.97 Å². The Hall–Kier alpha value is -2.05. The zero-order valence-corrected chi connectivity index (χ0v) is 16.1. The minimum atomic E-state index is -0.209. The van der Waals surface area contributed by atoms with Crippen molar-refractivity contribution in [3.8, 4) is 17.0 Å². The van der Waals surface area contributed by atoms with Gasteiger partial charge in [-0.25, -0.2) is 9.97 Å². The fourth-order valence-corrected chi connectivity index (χ4v) is 3.82.